The van der Waals surface area contributed by atoms with E-state index in [0.29, 0.717) is 24.0 Å². The van der Waals surface area contributed by atoms with Gasteiger partial charge in [0.15, 0.2) is 0 Å². The molecule has 2 atom stereocenters. The number of amides is 2. The third-order valence-corrected chi connectivity index (χ3v) is 7.55. The van der Waals surface area contributed by atoms with Crippen molar-refractivity contribution in [3.63, 3.8) is 0 Å². The number of carbonyl (C=O) groups excluding carboxylic acids is 2. The first-order valence-electron chi connectivity index (χ1n) is 11.8. The van der Waals surface area contributed by atoms with Gasteiger partial charge in [-0.3, -0.25) is 9.59 Å². The number of sulfonamides is 1. The van der Waals surface area contributed by atoms with Crippen LogP contribution in [0.2, 0.25) is 0 Å². The lowest BCUT2D eigenvalue weighted by Gasteiger charge is -2.19. The van der Waals surface area contributed by atoms with Crippen molar-refractivity contribution in [3.8, 4) is 11.1 Å². The van der Waals surface area contributed by atoms with E-state index in [2.05, 4.69) is 10.6 Å². The van der Waals surface area contributed by atoms with Crippen molar-refractivity contribution in [2.75, 3.05) is 0 Å². The third-order valence-electron chi connectivity index (χ3n) is 6.58. The number of benzene rings is 3. The normalized spacial score (nSPS) is 17.4. The highest BCUT2D eigenvalue weighted by Crippen LogP contribution is 2.32. The molecule has 0 spiro atoms. The van der Waals surface area contributed by atoms with E-state index in [4.69, 9.17) is 5.14 Å². The Morgan fingerprint density at radius 2 is 1.49 bits per heavy atom. The van der Waals surface area contributed by atoms with Crippen LogP contribution in [0.15, 0.2) is 71.6 Å². The van der Waals surface area contributed by atoms with Crippen LogP contribution in [0.3, 0.4) is 0 Å². The predicted octanol–water partition coefficient (Wildman–Crippen LogP) is 3.63. The number of halogens is 2. The second kappa shape index (κ2) is 11.2. The van der Waals surface area contributed by atoms with Crippen LogP contribution >= 0.6 is 0 Å². The van der Waals surface area contributed by atoms with E-state index in [9.17, 15) is 26.8 Å². The van der Waals surface area contributed by atoms with E-state index in [1.807, 2.05) is 0 Å². The van der Waals surface area contributed by atoms with Gasteiger partial charge in [0.05, 0.1) is 4.90 Å². The van der Waals surface area contributed by atoms with Crippen LogP contribution < -0.4 is 15.8 Å². The Morgan fingerprint density at radius 3 is 2.11 bits per heavy atom. The van der Waals surface area contributed by atoms with Crippen LogP contribution in [0, 0.1) is 23.5 Å². The molecule has 0 unspecified atom stereocenters. The average molecular weight is 528 g/mol. The summed E-state index contributed by atoms with van der Waals surface area (Å²) in [5.41, 5.74) is 2.13. The molecule has 1 saturated carbocycles. The molecule has 1 aliphatic rings. The predicted molar refractivity (Wildman–Crippen MR) is 134 cm³/mol. The van der Waals surface area contributed by atoms with Crippen LogP contribution in [0.25, 0.3) is 11.1 Å². The Labute approximate surface area is 214 Å². The topological polar surface area (TPSA) is 118 Å². The van der Waals surface area contributed by atoms with Crippen LogP contribution in [0.1, 0.15) is 30.4 Å². The zero-order valence-corrected chi connectivity index (χ0v) is 20.7. The molecule has 0 bridgehead atoms. The van der Waals surface area contributed by atoms with Gasteiger partial charge in [0.25, 0.3) is 0 Å². The number of nitrogens with one attached hydrogen (secondary N) is 2. The average Bonchev–Trinajstić information content (AvgIpc) is 3.37. The fourth-order valence-corrected chi connectivity index (χ4v) is 5.40. The van der Waals surface area contributed by atoms with Crippen LogP contribution in [-0.2, 0) is 32.7 Å². The van der Waals surface area contributed by atoms with E-state index in [1.165, 1.54) is 12.1 Å². The molecule has 10 heteroatoms. The third kappa shape index (κ3) is 6.39. The van der Waals surface area contributed by atoms with Crippen LogP contribution in [0.5, 0.6) is 0 Å². The standard InChI is InChI=1S/C27H27F2N3O4S/c28-20-13-12-19(24(29)14-20)16-32-27(34)23-6-3-5-22(23)26(33)31-15-17-8-10-18(11-9-17)21-4-1-2-7-25(21)37(30,35)36/h1-2,4,7-14,22-23H,3,5-6,15-16H2,(H,31,33)(H,32,34)(H2,30,35,36)/t22-,23-/m1/s1. The van der Waals surface area contributed by atoms with Gasteiger partial charge in [-0.2, -0.15) is 0 Å². The van der Waals surface area contributed by atoms with Gasteiger partial charge in [-0.05, 0) is 36.1 Å². The summed E-state index contributed by atoms with van der Waals surface area (Å²) in [6.07, 6.45) is 1.84. The van der Waals surface area contributed by atoms with Gasteiger partial charge in [0.1, 0.15) is 11.6 Å². The first-order chi connectivity index (χ1) is 17.6. The van der Waals surface area contributed by atoms with Crippen molar-refractivity contribution >= 4 is 21.8 Å². The molecule has 0 aromatic heterocycles. The Morgan fingerprint density at radius 1 is 0.865 bits per heavy atom. The van der Waals surface area contributed by atoms with E-state index >= 15 is 0 Å². The second-order valence-electron chi connectivity index (χ2n) is 9.05. The molecule has 37 heavy (non-hydrogen) atoms. The quantitative estimate of drug-likeness (QED) is 0.415. The summed E-state index contributed by atoms with van der Waals surface area (Å²) in [5, 5.41) is 10.9. The van der Waals surface area contributed by atoms with E-state index in [1.54, 1.807) is 42.5 Å². The molecule has 4 rings (SSSR count). The number of primary sulfonamides is 1. The van der Waals surface area contributed by atoms with Gasteiger partial charge in [0.2, 0.25) is 21.8 Å². The van der Waals surface area contributed by atoms with Gasteiger partial charge in [-0.15, -0.1) is 0 Å². The lowest BCUT2D eigenvalue weighted by atomic mass is 9.94. The largest absolute Gasteiger partial charge is 0.352 e. The van der Waals surface area contributed by atoms with Gasteiger partial charge in [-0.25, -0.2) is 22.3 Å². The van der Waals surface area contributed by atoms with Crippen LogP contribution in [0.4, 0.5) is 8.78 Å². The zero-order chi connectivity index (χ0) is 26.6. The molecule has 0 saturated heterocycles. The number of rotatable bonds is 8. The first-order valence-corrected chi connectivity index (χ1v) is 13.4. The maximum atomic E-state index is 13.9. The van der Waals surface area contributed by atoms with Gasteiger partial charge in [-0.1, -0.05) is 55.0 Å². The molecule has 7 nitrogen and oxygen atoms in total. The van der Waals surface area contributed by atoms with Crippen molar-refractivity contribution in [1.82, 2.24) is 10.6 Å². The highest BCUT2D eigenvalue weighted by Gasteiger charge is 2.37. The summed E-state index contributed by atoms with van der Waals surface area (Å²) in [4.78, 5) is 25.6. The fraction of sp³-hybridized carbons (Fsp3) is 0.259. The Balaban J connectivity index is 1.35. The van der Waals surface area contributed by atoms with Crippen molar-refractivity contribution in [2.45, 2.75) is 37.2 Å². The Kier molecular flexibility index (Phi) is 7.99. The second-order valence-corrected chi connectivity index (χ2v) is 10.6. The van der Waals surface area contributed by atoms with Crippen molar-refractivity contribution in [1.29, 1.82) is 0 Å². The molecule has 1 aliphatic carbocycles. The van der Waals surface area contributed by atoms with Gasteiger partial charge >= 0.3 is 0 Å². The van der Waals surface area contributed by atoms with E-state index in [0.717, 1.165) is 24.1 Å². The molecule has 4 N–H and O–H groups in total. The maximum Gasteiger partial charge on any atom is 0.238 e. The minimum absolute atomic E-state index is 0.0313. The van der Waals surface area contributed by atoms with Gasteiger partial charge < -0.3 is 10.6 Å². The minimum atomic E-state index is -3.88. The lowest BCUT2D eigenvalue weighted by molar-refractivity contribution is -0.133. The summed E-state index contributed by atoms with van der Waals surface area (Å²) < 4.78 is 50.7. The SMILES string of the molecule is NS(=O)(=O)c1ccccc1-c1ccc(CNC(=O)[C@@H]2CCC[C@H]2C(=O)NCc2ccc(F)cc2F)cc1. The zero-order valence-electron chi connectivity index (χ0n) is 19.9. The fourth-order valence-electron chi connectivity index (χ4n) is 4.64. The highest BCUT2D eigenvalue weighted by atomic mass is 32.2. The molecule has 0 radical (unpaired) electrons. The molecule has 1 fully saturated rings. The number of nitrogens with two attached hydrogens (primary N) is 1. The van der Waals surface area contributed by atoms with E-state index < -0.39 is 33.5 Å². The highest BCUT2D eigenvalue weighted by molar-refractivity contribution is 7.89. The van der Waals surface area contributed by atoms with Crippen LogP contribution in [-0.4, -0.2) is 20.2 Å². The monoisotopic (exact) mass is 527 g/mol. The summed E-state index contributed by atoms with van der Waals surface area (Å²) in [7, 11) is -3.88. The Bertz CT molecular complexity index is 1410. The molecule has 3 aromatic rings. The molecule has 0 aliphatic heterocycles. The van der Waals surface area contributed by atoms with Crippen molar-refractivity contribution in [3.05, 3.63) is 89.5 Å². The summed E-state index contributed by atoms with van der Waals surface area (Å²) >= 11 is 0. The molecule has 3 aromatic carbocycles. The smallest absolute Gasteiger partial charge is 0.238 e. The molecular weight excluding hydrogens is 500 g/mol. The number of hydrogen-bond acceptors (Lipinski definition) is 4. The summed E-state index contributed by atoms with van der Waals surface area (Å²) in [5.74, 6) is -3.03. The first kappa shape index (κ1) is 26.4. The summed E-state index contributed by atoms with van der Waals surface area (Å²) in [6.45, 7) is 0.151. The molecule has 194 valence electrons. The molecule has 0 heterocycles. The lowest BCUT2D eigenvalue weighted by Crippen LogP contribution is -2.39. The maximum absolute atomic E-state index is 13.9. The van der Waals surface area contributed by atoms with Crippen molar-refractivity contribution < 1.29 is 26.8 Å². The summed E-state index contributed by atoms with van der Waals surface area (Å²) in [6, 6.07) is 16.7. The van der Waals surface area contributed by atoms with E-state index in [-0.39, 0.29) is 35.4 Å². The number of hydrogen-bond donors (Lipinski definition) is 3. The van der Waals surface area contributed by atoms with Crippen molar-refractivity contribution in [2.24, 2.45) is 17.0 Å². The molecule has 2 amide bonds. The minimum Gasteiger partial charge on any atom is -0.352 e. The number of carbonyl (C=O) groups is 2. The molecular formula is C27H27F2N3O4S. The Hall–Kier alpha value is -3.63. The van der Waals surface area contributed by atoms with Gasteiger partial charge in [0, 0.05) is 42.1 Å².